The molecule has 2 unspecified atom stereocenters. The summed E-state index contributed by atoms with van der Waals surface area (Å²) in [6, 6.07) is 0. The fraction of sp³-hybridized carbons (Fsp3) is 1.00. The van der Waals surface area contributed by atoms with E-state index in [2.05, 4.69) is 0 Å². The van der Waals surface area contributed by atoms with Gasteiger partial charge in [-0.2, -0.15) is 0 Å². The van der Waals surface area contributed by atoms with Gasteiger partial charge in [-0.15, -0.1) is 0 Å². The molecule has 2 N–H and O–H groups in total. The van der Waals surface area contributed by atoms with Gasteiger partial charge in [-0.05, 0) is 34.4 Å². The van der Waals surface area contributed by atoms with Crippen LogP contribution < -0.4 is 0 Å². The first-order valence-corrected chi connectivity index (χ1v) is 3.89. The number of rotatable bonds is 4. The zero-order valence-electron chi connectivity index (χ0n) is 7.83. The Balaban J connectivity index is 4.10. The third-order valence-electron chi connectivity index (χ3n) is 2.16. The van der Waals surface area contributed by atoms with E-state index in [9.17, 15) is 0 Å². The average Bonchev–Trinajstić information content (AvgIpc) is 1.86. The fourth-order valence-electron chi connectivity index (χ4n) is 1.02. The van der Waals surface area contributed by atoms with Crippen molar-refractivity contribution in [3.05, 3.63) is 0 Å². The van der Waals surface area contributed by atoms with Crippen molar-refractivity contribution in [3.63, 3.8) is 0 Å². The topological polar surface area (TPSA) is 43.7 Å². The molecule has 0 aliphatic carbocycles. The van der Waals surface area contributed by atoms with Gasteiger partial charge in [0.1, 0.15) is 0 Å². The second-order valence-corrected chi connectivity index (χ2v) is 3.60. The molecule has 2 atom stereocenters. The van der Waals surface area contributed by atoms with Crippen LogP contribution in [0.5, 0.6) is 0 Å². The highest BCUT2D eigenvalue weighted by molar-refractivity contribution is 4.83. The molecule has 0 amide bonds. The molecule has 11 heavy (non-hydrogen) atoms. The summed E-state index contributed by atoms with van der Waals surface area (Å²) < 4.78 is 0. The monoisotopic (exact) mass is 161 g/mol. The number of aliphatic hydroxyl groups is 2. The van der Waals surface area contributed by atoms with E-state index < -0.39 is 0 Å². The van der Waals surface area contributed by atoms with E-state index in [1.165, 1.54) is 0 Å². The van der Waals surface area contributed by atoms with E-state index in [4.69, 9.17) is 10.2 Å². The van der Waals surface area contributed by atoms with Crippen molar-refractivity contribution in [2.45, 2.75) is 31.9 Å². The third kappa shape index (κ3) is 3.18. The highest BCUT2D eigenvalue weighted by Crippen LogP contribution is 2.17. The molecule has 0 bridgehead atoms. The summed E-state index contributed by atoms with van der Waals surface area (Å²) in [5.41, 5.74) is -0.297. The maximum atomic E-state index is 9.13. The molecule has 3 nitrogen and oxygen atoms in total. The Hall–Kier alpha value is -0.120. The van der Waals surface area contributed by atoms with E-state index in [0.717, 1.165) is 0 Å². The molecule has 0 fully saturated rings. The van der Waals surface area contributed by atoms with E-state index in [1.807, 2.05) is 25.9 Å². The van der Waals surface area contributed by atoms with Gasteiger partial charge in [0.05, 0.1) is 12.7 Å². The van der Waals surface area contributed by atoms with E-state index in [1.54, 1.807) is 6.92 Å². The first kappa shape index (κ1) is 10.9. The molecule has 0 aromatic carbocycles. The Morgan fingerprint density at radius 3 is 2.00 bits per heavy atom. The molecule has 0 saturated carbocycles. The van der Waals surface area contributed by atoms with Gasteiger partial charge in [0.25, 0.3) is 0 Å². The lowest BCUT2D eigenvalue weighted by molar-refractivity contribution is 0.0349. The van der Waals surface area contributed by atoms with Crippen LogP contribution in [0.15, 0.2) is 0 Å². The van der Waals surface area contributed by atoms with Crippen molar-refractivity contribution in [2.24, 2.45) is 0 Å². The van der Waals surface area contributed by atoms with Crippen molar-refractivity contribution in [2.75, 3.05) is 20.7 Å². The number of hydrogen-bond donors (Lipinski definition) is 2. The number of hydrogen-bond acceptors (Lipinski definition) is 3. The Labute approximate surface area is 68.6 Å². The SMILES string of the molecule is CC(O)CC(C)(CO)N(C)C. The van der Waals surface area contributed by atoms with Crippen LogP contribution in [-0.4, -0.2) is 47.5 Å². The molecule has 0 aromatic rings. The van der Waals surface area contributed by atoms with Crippen LogP contribution in [0.2, 0.25) is 0 Å². The minimum absolute atomic E-state index is 0.0743. The average molecular weight is 161 g/mol. The smallest absolute Gasteiger partial charge is 0.0613 e. The molecular formula is C8H19NO2. The molecule has 0 aliphatic heterocycles. The van der Waals surface area contributed by atoms with Gasteiger partial charge in [-0.3, -0.25) is 0 Å². The summed E-state index contributed by atoms with van der Waals surface area (Å²) in [6.45, 7) is 3.74. The van der Waals surface area contributed by atoms with Gasteiger partial charge in [-0.1, -0.05) is 0 Å². The summed E-state index contributed by atoms with van der Waals surface area (Å²) in [4.78, 5) is 1.93. The molecule has 0 rings (SSSR count). The van der Waals surface area contributed by atoms with Gasteiger partial charge < -0.3 is 15.1 Å². The predicted molar refractivity (Wildman–Crippen MR) is 45.5 cm³/mol. The standard InChI is InChI=1S/C8H19NO2/c1-7(11)5-8(2,6-10)9(3)4/h7,10-11H,5-6H2,1-4H3. The highest BCUT2D eigenvalue weighted by Gasteiger charge is 2.27. The predicted octanol–water partition coefficient (Wildman–Crippen LogP) is 0.0699. The Kier molecular flexibility index (Phi) is 4.00. The maximum absolute atomic E-state index is 9.13. The minimum Gasteiger partial charge on any atom is -0.394 e. The second kappa shape index (κ2) is 4.04. The van der Waals surface area contributed by atoms with Crippen LogP contribution in [0.1, 0.15) is 20.3 Å². The molecule has 0 heterocycles. The normalized spacial score (nSPS) is 19.9. The lowest BCUT2D eigenvalue weighted by atomic mass is 9.95. The number of aliphatic hydroxyl groups excluding tert-OH is 2. The molecule has 68 valence electrons. The van der Waals surface area contributed by atoms with Crippen LogP contribution in [-0.2, 0) is 0 Å². The zero-order valence-corrected chi connectivity index (χ0v) is 7.83. The third-order valence-corrected chi connectivity index (χ3v) is 2.16. The molecule has 0 aromatic heterocycles. The van der Waals surface area contributed by atoms with Crippen LogP contribution in [0.25, 0.3) is 0 Å². The first-order valence-electron chi connectivity index (χ1n) is 3.89. The molecule has 3 heteroatoms. The molecule has 0 spiro atoms. The van der Waals surface area contributed by atoms with E-state index in [0.29, 0.717) is 6.42 Å². The summed E-state index contributed by atoms with van der Waals surface area (Å²) in [7, 11) is 3.80. The first-order chi connectivity index (χ1) is 4.92. The van der Waals surface area contributed by atoms with E-state index in [-0.39, 0.29) is 18.2 Å². The molecule has 0 aliphatic rings. The van der Waals surface area contributed by atoms with Gasteiger partial charge in [0.15, 0.2) is 0 Å². The number of nitrogens with zero attached hydrogens (tertiary/aromatic N) is 1. The van der Waals surface area contributed by atoms with Crippen LogP contribution in [0, 0.1) is 0 Å². The Morgan fingerprint density at radius 1 is 1.45 bits per heavy atom. The van der Waals surface area contributed by atoms with Gasteiger partial charge >= 0.3 is 0 Å². The maximum Gasteiger partial charge on any atom is 0.0613 e. The number of likely N-dealkylation sites (N-methyl/N-ethyl adjacent to an activating group) is 1. The molecule has 0 saturated heterocycles. The Bertz CT molecular complexity index is 115. The summed E-state index contributed by atoms with van der Waals surface area (Å²) in [5.74, 6) is 0. The summed E-state index contributed by atoms with van der Waals surface area (Å²) >= 11 is 0. The summed E-state index contributed by atoms with van der Waals surface area (Å²) in [6.07, 6.45) is 0.228. The van der Waals surface area contributed by atoms with Gasteiger partial charge in [-0.25, -0.2) is 0 Å². The summed E-state index contributed by atoms with van der Waals surface area (Å²) in [5, 5.41) is 18.2. The second-order valence-electron chi connectivity index (χ2n) is 3.60. The Morgan fingerprint density at radius 2 is 1.91 bits per heavy atom. The molecule has 0 radical (unpaired) electrons. The fourth-order valence-corrected chi connectivity index (χ4v) is 1.02. The van der Waals surface area contributed by atoms with Crippen molar-refractivity contribution in [3.8, 4) is 0 Å². The van der Waals surface area contributed by atoms with Crippen molar-refractivity contribution >= 4 is 0 Å². The highest BCUT2D eigenvalue weighted by atomic mass is 16.3. The van der Waals surface area contributed by atoms with Gasteiger partial charge in [0.2, 0.25) is 0 Å². The van der Waals surface area contributed by atoms with Crippen LogP contribution >= 0.6 is 0 Å². The quantitative estimate of drug-likeness (QED) is 0.613. The lowest BCUT2D eigenvalue weighted by Gasteiger charge is -2.35. The largest absolute Gasteiger partial charge is 0.394 e. The van der Waals surface area contributed by atoms with Crippen molar-refractivity contribution < 1.29 is 10.2 Å². The van der Waals surface area contributed by atoms with Crippen molar-refractivity contribution in [1.29, 1.82) is 0 Å². The lowest BCUT2D eigenvalue weighted by Crippen LogP contribution is -2.46. The van der Waals surface area contributed by atoms with E-state index >= 15 is 0 Å². The van der Waals surface area contributed by atoms with Gasteiger partial charge in [0, 0.05) is 5.54 Å². The van der Waals surface area contributed by atoms with Crippen LogP contribution in [0.4, 0.5) is 0 Å². The van der Waals surface area contributed by atoms with Crippen LogP contribution in [0.3, 0.4) is 0 Å². The van der Waals surface area contributed by atoms with Crippen molar-refractivity contribution in [1.82, 2.24) is 4.90 Å². The minimum atomic E-state index is -0.366. The molecular weight excluding hydrogens is 142 g/mol. The zero-order chi connectivity index (χ0) is 9.07.